The van der Waals surface area contributed by atoms with Gasteiger partial charge in [0.05, 0.1) is 0 Å². The molecule has 0 aliphatic carbocycles. The minimum atomic E-state index is -0.689. The van der Waals surface area contributed by atoms with Gasteiger partial charge in [0.25, 0.3) is 11.8 Å². The van der Waals surface area contributed by atoms with Crippen molar-refractivity contribution in [3.8, 4) is 11.1 Å². The van der Waals surface area contributed by atoms with Crippen LogP contribution in [0.3, 0.4) is 0 Å². The number of rotatable bonds is 5. The van der Waals surface area contributed by atoms with Crippen molar-refractivity contribution in [1.29, 1.82) is 0 Å². The first kappa shape index (κ1) is 20.9. The molecule has 1 heterocycles. The van der Waals surface area contributed by atoms with Gasteiger partial charge in [0.1, 0.15) is 0 Å². The number of benzene rings is 3. The van der Waals surface area contributed by atoms with Crippen LogP contribution in [0.25, 0.3) is 11.1 Å². The van der Waals surface area contributed by atoms with E-state index in [9.17, 15) is 14.0 Å². The Hall–Kier alpha value is -4.32. The van der Waals surface area contributed by atoms with Crippen molar-refractivity contribution in [2.75, 3.05) is 10.6 Å². The largest absolute Gasteiger partial charge is 0.322 e. The molecule has 0 aliphatic heterocycles. The van der Waals surface area contributed by atoms with Crippen LogP contribution in [0.5, 0.6) is 0 Å². The molecule has 6 heteroatoms. The number of aromatic nitrogens is 1. The second kappa shape index (κ2) is 9.22. The number of hydrogen-bond acceptors (Lipinski definition) is 3. The summed E-state index contributed by atoms with van der Waals surface area (Å²) in [6.07, 6.45) is 1.27. The molecule has 0 saturated heterocycles. The van der Waals surface area contributed by atoms with E-state index in [1.807, 2.05) is 54.6 Å². The lowest BCUT2D eigenvalue weighted by atomic mass is 10.0. The number of amides is 2. The Bertz CT molecular complexity index is 1270. The monoisotopic (exact) mass is 425 g/mol. The number of nitrogens with one attached hydrogen (secondary N) is 2. The summed E-state index contributed by atoms with van der Waals surface area (Å²) in [5.41, 5.74) is 4.44. The Morgan fingerprint density at radius 1 is 0.750 bits per heavy atom. The highest BCUT2D eigenvalue weighted by atomic mass is 19.1. The molecule has 4 rings (SSSR count). The molecule has 3 aromatic carbocycles. The second-order valence-electron chi connectivity index (χ2n) is 7.25. The zero-order valence-electron chi connectivity index (χ0n) is 17.3. The van der Waals surface area contributed by atoms with E-state index in [1.165, 1.54) is 18.3 Å². The topological polar surface area (TPSA) is 71.1 Å². The molecule has 32 heavy (non-hydrogen) atoms. The molecule has 0 fully saturated rings. The Balaban J connectivity index is 1.49. The smallest absolute Gasteiger partial charge is 0.255 e. The van der Waals surface area contributed by atoms with Crippen LogP contribution in [-0.2, 0) is 0 Å². The summed E-state index contributed by atoms with van der Waals surface area (Å²) in [6, 6.07) is 25.0. The summed E-state index contributed by atoms with van der Waals surface area (Å²) >= 11 is 0. The van der Waals surface area contributed by atoms with Gasteiger partial charge in [-0.2, -0.15) is 4.39 Å². The van der Waals surface area contributed by atoms with Gasteiger partial charge in [0.15, 0.2) is 0 Å². The fraction of sp³-hybridized carbons (Fsp3) is 0.0385. The molecule has 158 valence electrons. The number of anilines is 2. The van der Waals surface area contributed by atoms with Crippen molar-refractivity contribution >= 4 is 23.2 Å². The van der Waals surface area contributed by atoms with Crippen molar-refractivity contribution in [3.05, 3.63) is 114 Å². The Kier molecular flexibility index (Phi) is 6.03. The summed E-state index contributed by atoms with van der Waals surface area (Å²) in [5, 5.41) is 5.48. The van der Waals surface area contributed by atoms with Crippen LogP contribution in [0.1, 0.15) is 26.3 Å². The maximum Gasteiger partial charge on any atom is 0.255 e. The van der Waals surface area contributed by atoms with Gasteiger partial charge >= 0.3 is 0 Å². The summed E-state index contributed by atoms with van der Waals surface area (Å²) in [4.78, 5) is 28.9. The number of nitrogens with zero attached hydrogens (tertiary/aromatic N) is 1. The number of aryl methyl sites for hydroxylation is 1. The van der Waals surface area contributed by atoms with Gasteiger partial charge in [-0.25, -0.2) is 4.98 Å². The Morgan fingerprint density at radius 2 is 1.44 bits per heavy atom. The highest BCUT2D eigenvalue weighted by Gasteiger charge is 2.14. The van der Waals surface area contributed by atoms with Crippen LogP contribution in [0, 0.1) is 12.9 Å². The van der Waals surface area contributed by atoms with E-state index in [0.717, 1.165) is 17.2 Å². The Labute approximate surface area is 185 Å². The third-order valence-corrected chi connectivity index (χ3v) is 4.98. The number of carbonyl (C=O) groups excluding carboxylic acids is 2. The van der Waals surface area contributed by atoms with E-state index in [2.05, 4.69) is 15.6 Å². The molecule has 4 aromatic rings. The van der Waals surface area contributed by atoms with Crippen LogP contribution < -0.4 is 10.6 Å². The predicted molar refractivity (Wildman–Crippen MR) is 123 cm³/mol. The fourth-order valence-electron chi connectivity index (χ4n) is 3.27. The molecule has 0 spiro atoms. The molecule has 1 aromatic heterocycles. The van der Waals surface area contributed by atoms with Gasteiger partial charge in [-0.15, -0.1) is 0 Å². The quantitative estimate of drug-likeness (QED) is 0.403. The molecule has 2 N–H and O–H groups in total. The van der Waals surface area contributed by atoms with E-state index in [1.54, 1.807) is 19.1 Å². The first-order valence-corrected chi connectivity index (χ1v) is 10.00. The van der Waals surface area contributed by atoms with E-state index in [-0.39, 0.29) is 11.6 Å². The maximum atomic E-state index is 13.3. The zero-order chi connectivity index (χ0) is 22.5. The maximum absolute atomic E-state index is 13.3. The first-order valence-electron chi connectivity index (χ1n) is 10.00. The molecular weight excluding hydrogens is 405 g/mol. The van der Waals surface area contributed by atoms with E-state index in [0.29, 0.717) is 22.4 Å². The second-order valence-corrected chi connectivity index (χ2v) is 7.25. The van der Waals surface area contributed by atoms with Crippen molar-refractivity contribution in [2.45, 2.75) is 6.92 Å². The van der Waals surface area contributed by atoms with Gasteiger partial charge < -0.3 is 10.6 Å². The van der Waals surface area contributed by atoms with Gasteiger partial charge in [0, 0.05) is 34.8 Å². The predicted octanol–water partition coefficient (Wildman–Crippen LogP) is 5.70. The van der Waals surface area contributed by atoms with Crippen molar-refractivity contribution < 1.29 is 14.0 Å². The summed E-state index contributed by atoms with van der Waals surface area (Å²) in [6.45, 7) is 1.77. The number of halogens is 1. The minimum Gasteiger partial charge on any atom is -0.322 e. The molecule has 0 bridgehead atoms. The zero-order valence-corrected chi connectivity index (χ0v) is 17.3. The first-order chi connectivity index (χ1) is 15.5. The summed E-state index contributed by atoms with van der Waals surface area (Å²) in [5.74, 6) is -1.46. The minimum absolute atomic E-state index is 0.287. The molecule has 0 saturated carbocycles. The lowest BCUT2D eigenvalue weighted by Gasteiger charge is -2.11. The van der Waals surface area contributed by atoms with Gasteiger partial charge in [0.2, 0.25) is 5.95 Å². The molecule has 0 atom stereocenters. The highest BCUT2D eigenvalue weighted by Crippen LogP contribution is 2.22. The third-order valence-electron chi connectivity index (χ3n) is 4.98. The van der Waals surface area contributed by atoms with Gasteiger partial charge in [-0.05, 0) is 53.9 Å². The van der Waals surface area contributed by atoms with Crippen LogP contribution in [0.15, 0.2) is 91.1 Å². The third kappa shape index (κ3) is 4.87. The number of hydrogen-bond donors (Lipinski definition) is 2. The molecule has 0 radical (unpaired) electrons. The molecular formula is C26H20FN3O2. The van der Waals surface area contributed by atoms with E-state index in [4.69, 9.17) is 0 Å². The van der Waals surface area contributed by atoms with E-state index >= 15 is 0 Å². The van der Waals surface area contributed by atoms with Crippen LogP contribution >= 0.6 is 0 Å². The van der Waals surface area contributed by atoms with Crippen molar-refractivity contribution in [3.63, 3.8) is 0 Å². The summed E-state index contributed by atoms with van der Waals surface area (Å²) < 4.78 is 13.3. The SMILES string of the molecule is Cc1ccc(C(=O)Nc2ccc(-c3ccccc3)cc2)cc1C(=O)Nc1ccnc(F)c1. The molecule has 0 aliphatic rings. The van der Waals surface area contributed by atoms with Crippen molar-refractivity contribution in [1.82, 2.24) is 4.98 Å². The molecule has 0 unspecified atom stereocenters. The average molecular weight is 425 g/mol. The lowest BCUT2D eigenvalue weighted by Crippen LogP contribution is -2.17. The standard InChI is InChI=1S/C26H20FN3O2/c1-17-7-8-20(15-23(17)26(32)30-22-13-14-28-24(27)16-22)25(31)29-21-11-9-19(10-12-21)18-5-3-2-4-6-18/h2-16H,1H3,(H,29,31)(H,28,30,32). The van der Waals surface area contributed by atoms with Crippen LogP contribution in [0.4, 0.5) is 15.8 Å². The fourth-order valence-corrected chi connectivity index (χ4v) is 3.27. The molecule has 5 nitrogen and oxygen atoms in total. The van der Waals surface area contributed by atoms with Crippen molar-refractivity contribution in [2.24, 2.45) is 0 Å². The van der Waals surface area contributed by atoms with Crippen LogP contribution in [0.2, 0.25) is 0 Å². The number of carbonyl (C=O) groups is 2. The molecule has 2 amide bonds. The van der Waals surface area contributed by atoms with E-state index < -0.39 is 11.9 Å². The Morgan fingerprint density at radius 3 is 2.16 bits per heavy atom. The van der Waals surface area contributed by atoms with Gasteiger partial charge in [-0.1, -0.05) is 48.5 Å². The summed E-state index contributed by atoms with van der Waals surface area (Å²) in [7, 11) is 0. The van der Waals surface area contributed by atoms with Crippen LogP contribution in [-0.4, -0.2) is 16.8 Å². The van der Waals surface area contributed by atoms with Gasteiger partial charge in [-0.3, -0.25) is 9.59 Å². The lowest BCUT2D eigenvalue weighted by molar-refractivity contribution is 0.102. The highest BCUT2D eigenvalue weighted by molar-refractivity contribution is 6.09. The number of pyridine rings is 1. The normalized spacial score (nSPS) is 10.4. The average Bonchev–Trinajstić information content (AvgIpc) is 2.80.